The number of amides is 3. The highest BCUT2D eigenvalue weighted by Gasteiger charge is 2.39. The average molecular weight is 551 g/mol. The smallest absolute Gasteiger partial charge is 0.454 e. The first-order chi connectivity index (χ1) is 18.5. The van der Waals surface area contributed by atoms with Crippen molar-refractivity contribution in [3.05, 3.63) is 82.3 Å². The molecule has 0 saturated carbocycles. The number of halogens is 4. The number of rotatable bonds is 10. The molecule has 0 bridgehead atoms. The van der Waals surface area contributed by atoms with Crippen molar-refractivity contribution in [3.63, 3.8) is 0 Å². The lowest BCUT2D eigenvalue weighted by atomic mass is 9.94. The molecule has 0 aliphatic carbocycles. The van der Waals surface area contributed by atoms with Crippen LogP contribution in [0.5, 0.6) is 0 Å². The molecule has 1 aliphatic heterocycles. The fraction of sp³-hybridized carbons (Fsp3) is 0.308. The molecule has 2 aromatic rings. The summed E-state index contributed by atoms with van der Waals surface area (Å²) < 4.78 is 62.4. The molecule has 208 valence electrons. The van der Waals surface area contributed by atoms with Gasteiger partial charge >= 0.3 is 18.2 Å². The minimum absolute atomic E-state index is 0.000200. The number of alkyl halides is 3. The van der Waals surface area contributed by atoms with Crippen LogP contribution in [-0.2, 0) is 14.3 Å². The second kappa shape index (κ2) is 12.5. The Morgan fingerprint density at radius 3 is 2.31 bits per heavy atom. The van der Waals surface area contributed by atoms with Gasteiger partial charge in [-0.3, -0.25) is 9.59 Å². The molecule has 0 saturated heterocycles. The van der Waals surface area contributed by atoms with E-state index in [9.17, 15) is 36.7 Å². The molecular weight excluding hydrogens is 526 g/mol. The highest BCUT2D eigenvalue weighted by molar-refractivity contribution is 6.02. The molecule has 9 nitrogen and oxygen atoms in total. The van der Waals surface area contributed by atoms with Crippen molar-refractivity contribution in [2.75, 3.05) is 33.4 Å². The highest BCUT2D eigenvalue weighted by atomic mass is 19.4. The van der Waals surface area contributed by atoms with E-state index in [1.165, 1.54) is 30.2 Å². The second-order valence-corrected chi connectivity index (χ2v) is 8.32. The zero-order valence-corrected chi connectivity index (χ0v) is 20.9. The molecule has 0 aromatic heterocycles. The van der Waals surface area contributed by atoms with E-state index in [4.69, 9.17) is 9.47 Å². The van der Waals surface area contributed by atoms with Crippen molar-refractivity contribution in [1.82, 2.24) is 15.5 Å². The van der Waals surface area contributed by atoms with Crippen molar-refractivity contribution >= 4 is 23.7 Å². The fourth-order valence-corrected chi connectivity index (χ4v) is 3.88. The number of hydrogen-bond acceptors (Lipinski definition) is 6. The number of nitrogens with zero attached hydrogens (tertiary/aromatic N) is 1. The van der Waals surface area contributed by atoms with Gasteiger partial charge in [0.1, 0.15) is 5.82 Å². The summed E-state index contributed by atoms with van der Waals surface area (Å²) in [7, 11) is 1.38. The Balaban J connectivity index is 2.01. The molecule has 1 unspecified atom stereocenters. The van der Waals surface area contributed by atoms with E-state index in [1.54, 1.807) is 6.92 Å². The molecule has 1 aliphatic rings. The van der Waals surface area contributed by atoms with Crippen LogP contribution in [0, 0.1) is 5.82 Å². The summed E-state index contributed by atoms with van der Waals surface area (Å²) in [4.78, 5) is 51.5. The van der Waals surface area contributed by atoms with E-state index in [-0.39, 0.29) is 48.7 Å². The molecule has 0 fully saturated rings. The average Bonchev–Trinajstić information content (AvgIpc) is 2.89. The first-order valence-electron chi connectivity index (χ1n) is 11.7. The molecule has 0 spiro atoms. The van der Waals surface area contributed by atoms with Gasteiger partial charge in [-0.25, -0.2) is 14.0 Å². The Morgan fingerprint density at radius 1 is 1.05 bits per heavy atom. The van der Waals surface area contributed by atoms with Crippen LogP contribution in [0.1, 0.15) is 39.2 Å². The Bertz CT molecular complexity index is 1280. The topological polar surface area (TPSA) is 114 Å². The van der Waals surface area contributed by atoms with Crippen molar-refractivity contribution in [1.29, 1.82) is 0 Å². The van der Waals surface area contributed by atoms with Crippen molar-refractivity contribution < 1.29 is 46.2 Å². The predicted octanol–water partition coefficient (Wildman–Crippen LogP) is 3.53. The Morgan fingerprint density at radius 2 is 1.72 bits per heavy atom. The van der Waals surface area contributed by atoms with Gasteiger partial charge in [-0.15, -0.1) is 0 Å². The van der Waals surface area contributed by atoms with Crippen LogP contribution >= 0.6 is 0 Å². The molecule has 13 heteroatoms. The maximum Gasteiger partial charge on any atom is 0.454 e. The molecular formula is C26H25F4N3O6. The summed E-state index contributed by atoms with van der Waals surface area (Å²) in [5.74, 6) is -4.15. The molecule has 1 heterocycles. The van der Waals surface area contributed by atoms with Crippen LogP contribution in [0.3, 0.4) is 0 Å². The normalized spacial score (nSPS) is 15.3. The SMILES string of the molecule is CCOC(=O)C1=C(CN(CCOC)C(=O)c2ccc(C(=O)C(F)(F)F)cc2)NC(=O)NC1c1cccc(F)c1. The van der Waals surface area contributed by atoms with Crippen LogP contribution in [0.4, 0.5) is 22.4 Å². The van der Waals surface area contributed by atoms with Gasteiger partial charge in [-0.2, -0.15) is 13.2 Å². The van der Waals surface area contributed by atoms with Gasteiger partial charge in [0.05, 0.1) is 37.1 Å². The number of ketones is 1. The molecule has 39 heavy (non-hydrogen) atoms. The number of esters is 1. The van der Waals surface area contributed by atoms with E-state index in [1.807, 2.05) is 0 Å². The van der Waals surface area contributed by atoms with Gasteiger partial charge in [-0.1, -0.05) is 24.3 Å². The van der Waals surface area contributed by atoms with Crippen molar-refractivity contribution in [3.8, 4) is 0 Å². The molecule has 2 N–H and O–H groups in total. The summed E-state index contributed by atoms with van der Waals surface area (Å²) in [6.07, 6.45) is -5.07. The third-order valence-corrected chi connectivity index (χ3v) is 5.68. The maximum atomic E-state index is 14.0. The van der Waals surface area contributed by atoms with Gasteiger partial charge in [0.2, 0.25) is 0 Å². The number of nitrogens with one attached hydrogen (secondary N) is 2. The number of carbonyl (C=O) groups is 4. The first kappa shape index (κ1) is 29.3. The number of Topliss-reactive ketones (excluding diaryl/α,β-unsaturated/α-hetero) is 1. The van der Waals surface area contributed by atoms with E-state index >= 15 is 0 Å². The Hall–Kier alpha value is -4.26. The lowest BCUT2D eigenvalue weighted by Crippen LogP contribution is -2.49. The van der Waals surface area contributed by atoms with E-state index < -0.39 is 47.3 Å². The Kier molecular flexibility index (Phi) is 9.41. The number of urea groups is 1. The summed E-state index contributed by atoms with van der Waals surface area (Å²) in [6, 6.07) is 7.33. The van der Waals surface area contributed by atoms with Crippen LogP contribution in [0.15, 0.2) is 59.8 Å². The van der Waals surface area contributed by atoms with Gasteiger partial charge in [0.15, 0.2) is 0 Å². The summed E-state index contributed by atoms with van der Waals surface area (Å²) in [5, 5.41) is 5.06. The lowest BCUT2D eigenvalue weighted by molar-refractivity contribution is -0.139. The zero-order valence-electron chi connectivity index (χ0n) is 20.9. The monoisotopic (exact) mass is 551 g/mol. The van der Waals surface area contributed by atoms with Crippen LogP contribution in [-0.4, -0.2) is 68.2 Å². The Labute approximate surface area is 220 Å². The van der Waals surface area contributed by atoms with E-state index in [0.717, 1.165) is 30.3 Å². The van der Waals surface area contributed by atoms with Gasteiger partial charge in [0.25, 0.3) is 11.7 Å². The van der Waals surface area contributed by atoms with Gasteiger partial charge in [0, 0.05) is 24.8 Å². The number of methoxy groups -OCH3 is 1. The summed E-state index contributed by atoms with van der Waals surface area (Å²) in [5.41, 5.74) is -0.503. The third kappa shape index (κ3) is 7.19. The number of hydrogen-bond donors (Lipinski definition) is 2. The number of ether oxygens (including phenoxy) is 2. The fourth-order valence-electron chi connectivity index (χ4n) is 3.88. The van der Waals surface area contributed by atoms with Gasteiger partial charge in [-0.05, 0) is 36.8 Å². The van der Waals surface area contributed by atoms with Crippen LogP contribution in [0.25, 0.3) is 0 Å². The van der Waals surface area contributed by atoms with E-state index in [2.05, 4.69) is 10.6 Å². The van der Waals surface area contributed by atoms with Crippen LogP contribution in [0.2, 0.25) is 0 Å². The maximum absolute atomic E-state index is 14.0. The van der Waals surface area contributed by atoms with Crippen molar-refractivity contribution in [2.45, 2.75) is 19.1 Å². The molecule has 3 amide bonds. The molecule has 0 radical (unpaired) electrons. The summed E-state index contributed by atoms with van der Waals surface area (Å²) >= 11 is 0. The van der Waals surface area contributed by atoms with Gasteiger partial charge < -0.3 is 25.0 Å². The zero-order chi connectivity index (χ0) is 28.7. The number of carbonyl (C=O) groups excluding carboxylic acids is 4. The quantitative estimate of drug-likeness (QED) is 0.265. The standard InChI is InChI=1S/C26H25F4N3O6/c1-3-39-24(36)20-19(31-25(37)32-21(20)17-5-4-6-18(27)13-17)14-33(11-12-38-2)23(35)16-9-7-15(8-10-16)22(34)26(28,29)30/h4-10,13,21H,3,11-12,14H2,1-2H3,(H2,31,32,37). The minimum Gasteiger partial charge on any atom is -0.463 e. The van der Waals surface area contributed by atoms with E-state index in [0.29, 0.717) is 0 Å². The lowest BCUT2D eigenvalue weighted by Gasteiger charge is -2.32. The first-order valence-corrected chi connectivity index (χ1v) is 11.7. The molecule has 3 rings (SSSR count). The predicted molar refractivity (Wildman–Crippen MR) is 129 cm³/mol. The summed E-state index contributed by atoms with van der Waals surface area (Å²) in [6.45, 7) is 1.24. The molecule has 1 atom stereocenters. The second-order valence-electron chi connectivity index (χ2n) is 8.32. The van der Waals surface area contributed by atoms with Crippen LogP contribution < -0.4 is 10.6 Å². The third-order valence-electron chi connectivity index (χ3n) is 5.68. The number of benzene rings is 2. The largest absolute Gasteiger partial charge is 0.463 e. The highest BCUT2D eigenvalue weighted by Crippen LogP contribution is 2.29. The molecule has 2 aromatic carbocycles. The minimum atomic E-state index is -5.07. The van der Waals surface area contributed by atoms with Crippen molar-refractivity contribution in [2.24, 2.45) is 0 Å².